The van der Waals surface area contributed by atoms with Gasteiger partial charge in [0.05, 0.1) is 11.3 Å². The Morgan fingerprint density at radius 2 is 1.95 bits per heavy atom. The highest BCUT2D eigenvalue weighted by molar-refractivity contribution is 5.77. The normalized spacial score (nSPS) is 10.6. The maximum atomic E-state index is 11.1. The molecule has 0 spiro atoms. The number of nitrogens with zero attached hydrogens (tertiary/aromatic N) is 1. The third kappa shape index (κ3) is 2.77. The molecule has 1 heterocycles. The first-order valence-electron chi connectivity index (χ1n) is 6.22. The van der Waals surface area contributed by atoms with Gasteiger partial charge in [-0.2, -0.15) is 0 Å². The summed E-state index contributed by atoms with van der Waals surface area (Å²) in [6, 6.07) is 6.82. The molecule has 20 heavy (non-hydrogen) atoms. The van der Waals surface area contributed by atoms with E-state index >= 15 is 0 Å². The van der Waals surface area contributed by atoms with Crippen molar-refractivity contribution in [2.24, 2.45) is 0 Å². The third-order valence-electron chi connectivity index (χ3n) is 3.09. The number of aryl methyl sites for hydroxylation is 2. The Kier molecular flexibility index (Phi) is 3.70. The summed E-state index contributed by atoms with van der Waals surface area (Å²) in [5.74, 6) is 1.25. The molecule has 0 amide bonds. The summed E-state index contributed by atoms with van der Waals surface area (Å²) < 4.78 is 5.63. The van der Waals surface area contributed by atoms with Gasteiger partial charge in [0.1, 0.15) is 17.3 Å². The minimum atomic E-state index is -0.393. The van der Waals surface area contributed by atoms with E-state index in [-0.39, 0.29) is 17.9 Å². The molecule has 0 saturated heterocycles. The fourth-order valence-electron chi connectivity index (χ4n) is 2.13. The van der Waals surface area contributed by atoms with E-state index in [4.69, 9.17) is 4.42 Å². The minimum Gasteiger partial charge on any atom is -0.461 e. The van der Waals surface area contributed by atoms with E-state index in [1.54, 1.807) is 32.0 Å². The number of benzene rings is 1. The van der Waals surface area contributed by atoms with Crippen LogP contribution in [0.25, 0.3) is 11.3 Å². The summed E-state index contributed by atoms with van der Waals surface area (Å²) in [6.07, 6.45) is 0.255. The van der Waals surface area contributed by atoms with Crippen LogP contribution in [0.4, 0.5) is 5.69 Å². The highest BCUT2D eigenvalue weighted by atomic mass is 16.6. The number of hydrogen-bond acceptors (Lipinski definition) is 4. The van der Waals surface area contributed by atoms with Crippen LogP contribution < -0.4 is 0 Å². The van der Waals surface area contributed by atoms with Crippen LogP contribution in [0, 0.1) is 24.0 Å². The molecule has 5 heteroatoms. The van der Waals surface area contributed by atoms with Crippen molar-refractivity contribution in [3.63, 3.8) is 0 Å². The molecule has 0 radical (unpaired) electrons. The van der Waals surface area contributed by atoms with E-state index in [1.165, 1.54) is 13.0 Å². The van der Waals surface area contributed by atoms with Crippen molar-refractivity contribution < 1.29 is 14.1 Å². The van der Waals surface area contributed by atoms with Gasteiger partial charge in [0, 0.05) is 17.2 Å². The summed E-state index contributed by atoms with van der Waals surface area (Å²) in [5.41, 5.74) is 2.26. The Balaban J connectivity index is 2.43. The molecule has 1 aromatic carbocycles. The van der Waals surface area contributed by atoms with Crippen molar-refractivity contribution in [1.29, 1.82) is 0 Å². The van der Waals surface area contributed by atoms with Crippen molar-refractivity contribution in [3.05, 3.63) is 51.3 Å². The van der Waals surface area contributed by atoms with E-state index in [0.717, 1.165) is 11.1 Å². The number of nitro benzene ring substituents is 1. The molecule has 0 aliphatic rings. The molecule has 0 fully saturated rings. The van der Waals surface area contributed by atoms with Crippen molar-refractivity contribution in [3.8, 4) is 11.3 Å². The second-order valence-electron chi connectivity index (χ2n) is 4.86. The fourth-order valence-corrected chi connectivity index (χ4v) is 2.13. The lowest BCUT2D eigenvalue weighted by atomic mass is 10.0. The van der Waals surface area contributed by atoms with Crippen LogP contribution in [0.15, 0.2) is 28.7 Å². The summed E-state index contributed by atoms with van der Waals surface area (Å²) >= 11 is 0. The van der Waals surface area contributed by atoms with Gasteiger partial charge in [-0.3, -0.25) is 14.9 Å². The van der Waals surface area contributed by atoms with E-state index in [9.17, 15) is 14.9 Å². The molecular weight excluding hydrogens is 258 g/mol. The van der Waals surface area contributed by atoms with E-state index in [2.05, 4.69) is 0 Å². The van der Waals surface area contributed by atoms with Crippen LogP contribution in [0.2, 0.25) is 0 Å². The highest BCUT2D eigenvalue weighted by Crippen LogP contribution is 2.31. The zero-order valence-electron chi connectivity index (χ0n) is 11.6. The third-order valence-corrected chi connectivity index (χ3v) is 3.09. The topological polar surface area (TPSA) is 73.3 Å². The molecule has 0 unspecified atom stereocenters. The molecule has 0 bridgehead atoms. The smallest absolute Gasteiger partial charge is 0.272 e. The molecular formula is C15H15NO4. The average Bonchev–Trinajstić information content (AvgIpc) is 2.78. The Labute approximate surface area is 116 Å². The quantitative estimate of drug-likeness (QED) is 0.630. The number of carbonyl (C=O) groups is 1. The molecule has 0 atom stereocenters. The van der Waals surface area contributed by atoms with Crippen LogP contribution in [-0.2, 0) is 11.2 Å². The standard InChI is InChI=1S/C15H15NO4/c1-9-7-14(16(18)19)10(2)6-13(9)15-5-4-12(20-15)8-11(3)17/h4-7H,8H2,1-3H3. The van der Waals surface area contributed by atoms with Crippen molar-refractivity contribution >= 4 is 11.5 Å². The predicted molar refractivity (Wildman–Crippen MR) is 74.7 cm³/mol. The number of carbonyl (C=O) groups excluding carboxylic acids is 1. The van der Waals surface area contributed by atoms with Gasteiger partial charge >= 0.3 is 0 Å². The van der Waals surface area contributed by atoms with Gasteiger partial charge in [-0.25, -0.2) is 0 Å². The number of hydrogen-bond donors (Lipinski definition) is 0. The van der Waals surface area contributed by atoms with Gasteiger partial charge in [0.2, 0.25) is 0 Å². The summed E-state index contributed by atoms with van der Waals surface area (Å²) in [7, 11) is 0. The van der Waals surface area contributed by atoms with Crippen LogP contribution in [0.3, 0.4) is 0 Å². The average molecular weight is 273 g/mol. The van der Waals surface area contributed by atoms with Crippen molar-refractivity contribution in [2.45, 2.75) is 27.2 Å². The first-order valence-corrected chi connectivity index (χ1v) is 6.22. The molecule has 0 aliphatic carbocycles. The zero-order chi connectivity index (χ0) is 14.9. The molecule has 0 aliphatic heterocycles. The van der Waals surface area contributed by atoms with Crippen molar-refractivity contribution in [1.82, 2.24) is 0 Å². The lowest BCUT2D eigenvalue weighted by Crippen LogP contribution is -1.94. The molecule has 2 rings (SSSR count). The largest absolute Gasteiger partial charge is 0.461 e. The van der Waals surface area contributed by atoms with E-state index < -0.39 is 4.92 Å². The van der Waals surface area contributed by atoms with Gasteiger partial charge in [-0.1, -0.05) is 0 Å². The van der Waals surface area contributed by atoms with Gasteiger partial charge in [-0.15, -0.1) is 0 Å². The lowest BCUT2D eigenvalue weighted by molar-refractivity contribution is -0.385. The number of ketones is 1. The molecule has 0 N–H and O–H groups in total. The van der Waals surface area contributed by atoms with Crippen LogP contribution in [0.1, 0.15) is 23.8 Å². The number of furan rings is 1. The van der Waals surface area contributed by atoms with Gasteiger partial charge in [0.15, 0.2) is 0 Å². The second-order valence-corrected chi connectivity index (χ2v) is 4.86. The number of rotatable bonds is 4. The number of Topliss-reactive ketones (excluding diaryl/α,β-unsaturated/α-hetero) is 1. The van der Waals surface area contributed by atoms with Crippen LogP contribution in [-0.4, -0.2) is 10.7 Å². The minimum absolute atomic E-state index is 0.0301. The Bertz CT molecular complexity index is 685. The van der Waals surface area contributed by atoms with E-state index in [0.29, 0.717) is 17.1 Å². The van der Waals surface area contributed by atoms with Crippen LogP contribution >= 0.6 is 0 Å². The zero-order valence-corrected chi connectivity index (χ0v) is 11.6. The Hall–Kier alpha value is -2.43. The van der Waals surface area contributed by atoms with Gasteiger partial charge in [0.25, 0.3) is 5.69 Å². The maximum Gasteiger partial charge on any atom is 0.272 e. The molecule has 2 aromatic rings. The molecule has 0 saturated carbocycles. The van der Waals surface area contributed by atoms with Gasteiger partial charge in [-0.05, 0) is 44.5 Å². The predicted octanol–water partition coefficient (Wildman–Crippen LogP) is 3.60. The SMILES string of the molecule is CC(=O)Cc1ccc(-c2cc(C)c([N+](=O)[O-])cc2C)o1. The highest BCUT2D eigenvalue weighted by Gasteiger charge is 2.16. The second kappa shape index (κ2) is 5.28. The van der Waals surface area contributed by atoms with Crippen molar-refractivity contribution in [2.75, 3.05) is 0 Å². The van der Waals surface area contributed by atoms with Gasteiger partial charge < -0.3 is 4.42 Å². The monoisotopic (exact) mass is 273 g/mol. The Morgan fingerprint density at radius 1 is 1.25 bits per heavy atom. The summed E-state index contributed by atoms with van der Waals surface area (Å²) in [4.78, 5) is 21.6. The van der Waals surface area contributed by atoms with E-state index in [1.807, 2.05) is 0 Å². The maximum absolute atomic E-state index is 11.1. The first kappa shape index (κ1) is 14.0. The molecule has 104 valence electrons. The summed E-state index contributed by atoms with van der Waals surface area (Å²) in [6.45, 7) is 5.00. The first-order chi connectivity index (χ1) is 9.38. The molecule has 1 aromatic heterocycles. The lowest BCUT2D eigenvalue weighted by Gasteiger charge is -2.05. The van der Waals surface area contributed by atoms with Crippen LogP contribution in [0.5, 0.6) is 0 Å². The fraction of sp³-hybridized carbons (Fsp3) is 0.267. The summed E-state index contributed by atoms with van der Waals surface area (Å²) in [5, 5.41) is 10.9. The number of nitro groups is 1. The Morgan fingerprint density at radius 3 is 2.55 bits per heavy atom. The molecule has 5 nitrogen and oxygen atoms in total.